The molecular formula is C23H24N2O4. The number of aliphatic hydroxyl groups is 1. The van der Waals surface area contributed by atoms with E-state index in [9.17, 15) is 14.7 Å². The lowest BCUT2D eigenvalue weighted by Crippen LogP contribution is -2.40. The molecule has 2 amide bonds. The van der Waals surface area contributed by atoms with Crippen molar-refractivity contribution in [3.05, 3.63) is 77.9 Å². The first-order valence-electron chi connectivity index (χ1n) is 9.43. The van der Waals surface area contributed by atoms with Gasteiger partial charge >= 0.3 is 11.8 Å². The SMILES string of the molecule is COc1ccc(CNC(=O)C(=O)NCCC(O)c2cccc3ccccc23)cc1. The molecule has 0 aliphatic carbocycles. The van der Waals surface area contributed by atoms with Crippen molar-refractivity contribution in [3.63, 3.8) is 0 Å². The fourth-order valence-electron chi connectivity index (χ4n) is 3.11. The van der Waals surface area contributed by atoms with Crippen LogP contribution in [0.4, 0.5) is 0 Å². The van der Waals surface area contributed by atoms with E-state index < -0.39 is 17.9 Å². The highest BCUT2D eigenvalue weighted by Crippen LogP contribution is 2.25. The number of fused-ring (bicyclic) bond motifs is 1. The van der Waals surface area contributed by atoms with Crippen molar-refractivity contribution < 1.29 is 19.4 Å². The molecule has 6 nitrogen and oxygen atoms in total. The first-order valence-corrected chi connectivity index (χ1v) is 9.43. The van der Waals surface area contributed by atoms with Crippen LogP contribution in [0.15, 0.2) is 66.7 Å². The van der Waals surface area contributed by atoms with Crippen molar-refractivity contribution >= 4 is 22.6 Å². The molecular weight excluding hydrogens is 368 g/mol. The molecule has 0 saturated carbocycles. The van der Waals surface area contributed by atoms with Crippen molar-refractivity contribution in [3.8, 4) is 5.75 Å². The van der Waals surface area contributed by atoms with E-state index in [1.165, 1.54) is 0 Å². The Morgan fingerprint density at radius 1 is 0.931 bits per heavy atom. The predicted octanol–water partition coefficient (Wildman–Crippen LogP) is 2.70. The molecule has 3 N–H and O–H groups in total. The monoisotopic (exact) mass is 392 g/mol. The minimum Gasteiger partial charge on any atom is -0.497 e. The Hall–Kier alpha value is -3.38. The van der Waals surface area contributed by atoms with Crippen LogP contribution in [-0.2, 0) is 16.1 Å². The van der Waals surface area contributed by atoms with Crippen molar-refractivity contribution in [2.45, 2.75) is 19.1 Å². The Morgan fingerprint density at radius 3 is 2.38 bits per heavy atom. The zero-order valence-corrected chi connectivity index (χ0v) is 16.2. The minimum absolute atomic E-state index is 0.194. The van der Waals surface area contributed by atoms with Crippen LogP contribution in [0.25, 0.3) is 10.8 Å². The highest BCUT2D eigenvalue weighted by molar-refractivity contribution is 6.35. The molecule has 6 heteroatoms. The van der Waals surface area contributed by atoms with E-state index in [1.54, 1.807) is 19.2 Å². The maximum atomic E-state index is 12.0. The lowest BCUT2D eigenvalue weighted by Gasteiger charge is -2.14. The lowest BCUT2D eigenvalue weighted by molar-refractivity contribution is -0.139. The Morgan fingerprint density at radius 2 is 1.62 bits per heavy atom. The quantitative estimate of drug-likeness (QED) is 0.540. The maximum absolute atomic E-state index is 12.0. The number of methoxy groups -OCH3 is 1. The van der Waals surface area contributed by atoms with Gasteiger partial charge < -0.3 is 20.5 Å². The zero-order chi connectivity index (χ0) is 20.6. The summed E-state index contributed by atoms with van der Waals surface area (Å²) in [5, 5.41) is 17.7. The Balaban J connectivity index is 1.46. The molecule has 3 rings (SSSR count). The fourth-order valence-corrected chi connectivity index (χ4v) is 3.11. The van der Waals surface area contributed by atoms with Crippen LogP contribution in [-0.4, -0.2) is 30.6 Å². The van der Waals surface area contributed by atoms with E-state index in [4.69, 9.17) is 4.74 Å². The summed E-state index contributed by atoms with van der Waals surface area (Å²) in [6.07, 6.45) is -0.422. The summed E-state index contributed by atoms with van der Waals surface area (Å²) >= 11 is 0. The first-order chi connectivity index (χ1) is 14.1. The molecule has 150 valence electrons. The van der Waals surface area contributed by atoms with Gasteiger partial charge in [0.05, 0.1) is 13.2 Å². The van der Waals surface area contributed by atoms with E-state index in [0.29, 0.717) is 6.42 Å². The first kappa shape index (κ1) is 20.4. The maximum Gasteiger partial charge on any atom is 0.309 e. The number of benzene rings is 3. The third kappa shape index (κ3) is 5.33. The summed E-state index contributed by atoms with van der Waals surface area (Å²) < 4.78 is 5.08. The summed E-state index contributed by atoms with van der Waals surface area (Å²) in [5.74, 6) is -0.702. The number of amides is 2. The summed E-state index contributed by atoms with van der Waals surface area (Å²) in [6, 6.07) is 20.8. The predicted molar refractivity (Wildman–Crippen MR) is 111 cm³/mol. The molecule has 0 radical (unpaired) electrons. The van der Waals surface area contributed by atoms with Gasteiger partial charge in [-0.2, -0.15) is 0 Å². The lowest BCUT2D eigenvalue weighted by atomic mass is 9.99. The summed E-state index contributed by atoms with van der Waals surface area (Å²) in [7, 11) is 1.58. The number of rotatable bonds is 7. The largest absolute Gasteiger partial charge is 0.497 e. The topological polar surface area (TPSA) is 87.7 Å². The molecule has 0 spiro atoms. The van der Waals surface area contributed by atoms with Gasteiger partial charge in [-0.1, -0.05) is 54.6 Å². The fraction of sp³-hybridized carbons (Fsp3) is 0.217. The third-order valence-corrected chi connectivity index (χ3v) is 4.70. The average molecular weight is 392 g/mol. The number of ether oxygens (including phenoxy) is 1. The number of hydrogen-bond donors (Lipinski definition) is 3. The van der Waals surface area contributed by atoms with Crippen molar-refractivity contribution in [1.82, 2.24) is 10.6 Å². The number of carbonyl (C=O) groups excluding carboxylic acids is 2. The van der Waals surface area contributed by atoms with Crippen LogP contribution in [0.5, 0.6) is 5.75 Å². The summed E-state index contributed by atoms with van der Waals surface area (Å²) in [6.45, 7) is 0.439. The Kier molecular flexibility index (Phi) is 6.81. The van der Waals surface area contributed by atoms with Crippen LogP contribution in [0.3, 0.4) is 0 Å². The molecule has 0 aromatic heterocycles. The van der Waals surface area contributed by atoms with Gasteiger partial charge in [0.25, 0.3) is 0 Å². The molecule has 0 saturated heterocycles. The van der Waals surface area contributed by atoms with Crippen molar-refractivity contribution in [1.29, 1.82) is 0 Å². The van der Waals surface area contributed by atoms with Gasteiger partial charge in [-0.15, -0.1) is 0 Å². The number of hydrogen-bond acceptors (Lipinski definition) is 4. The smallest absolute Gasteiger partial charge is 0.309 e. The second-order valence-corrected chi connectivity index (χ2v) is 6.66. The van der Waals surface area contributed by atoms with Gasteiger partial charge in [0.1, 0.15) is 5.75 Å². The zero-order valence-electron chi connectivity index (χ0n) is 16.2. The molecule has 3 aromatic carbocycles. The second-order valence-electron chi connectivity index (χ2n) is 6.66. The van der Waals surface area contributed by atoms with E-state index in [0.717, 1.165) is 27.6 Å². The molecule has 1 unspecified atom stereocenters. The van der Waals surface area contributed by atoms with Crippen LogP contribution in [0, 0.1) is 0 Å². The van der Waals surface area contributed by atoms with E-state index in [-0.39, 0.29) is 13.1 Å². The third-order valence-electron chi connectivity index (χ3n) is 4.70. The van der Waals surface area contributed by atoms with Gasteiger partial charge in [0.15, 0.2) is 0 Å². The van der Waals surface area contributed by atoms with Gasteiger partial charge in [-0.25, -0.2) is 0 Å². The molecule has 0 fully saturated rings. The highest BCUT2D eigenvalue weighted by Gasteiger charge is 2.15. The van der Waals surface area contributed by atoms with E-state index >= 15 is 0 Å². The van der Waals surface area contributed by atoms with E-state index in [1.807, 2.05) is 54.6 Å². The Bertz CT molecular complexity index is 980. The molecule has 3 aromatic rings. The van der Waals surface area contributed by atoms with Crippen LogP contribution >= 0.6 is 0 Å². The molecule has 0 aliphatic heterocycles. The molecule has 0 bridgehead atoms. The van der Waals surface area contributed by atoms with Crippen LogP contribution < -0.4 is 15.4 Å². The standard InChI is InChI=1S/C23H24N2O4/c1-29-18-11-9-16(10-12-18)15-25-23(28)22(27)24-14-13-21(26)20-8-4-6-17-5-2-3-7-19(17)20/h2-12,21,26H,13-15H2,1H3,(H,24,27)(H,25,28). The van der Waals surface area contributed by atoms with Gasteiger partial charge in [0.2, 0.25) is 0 Å². The van der Waals surface area contributed by atoms with Crippen LogP contribution in [0.1, 0.15) is 23.7 Å². The normalized spacial score (nSPS) is 11.7. The molecule has 1 atom stereocenters. The number of nitrogens with one attached hydrogen (secondary N) is 2. The molecule has 0 aliphatic rings. The second kappa shape index (κ2) is 9.71. The number of aliphatic hydroxyl groups excluding tert-OH is 1. The Labute approximate surface area is 169 Å². The van der Waals surface area contributed by atoms with Gasteiger partial charge in [-0.05, 0) is 40.5 Å². The van der Waals surface area contributed by atoms with Crippen LogP contribution in [0.2, 0.25) is 0 Å². The summed E-state index contributed by atoms with van der Waals surface area (Å²) in [5.41, 5.74) is 1.67. The average Bonchev–Trinajstić information content (AvgIpc) is 2.77. The number of carbonyl (C=O) groups is 2. The highest BCUT2D eigenvalue weighted by atomic mass is 16.5. The van der Waals surface area contributed by atoms with E-state index in [2.05, 4.69) is 10.6 Å². The molecule has 0 heterocycles. The molecule has 29 heavy (non-hydrogen) atoms. The van der Waals surface area contributed by atoms with Gasteiger partial charge in [-0.3, -0.25) is 9.59 Å². The van der Waals surface area contributed by atoms with Gasteiger partial charge in [0, 0.05) is 13.1 Å². The summed E-state index contributed by atoms with van der Waals surface area (Å²) in [4.78, 5) is 23.9. The van der Waals surface area contributed by atoms with Crippen molar-refractivity contribution in [2.75, 3.05) is 13.7 Å². The minimum atomic E-state index is -0.733. The van der Waals surface area contributed by atoms with Crippen molar-refractivity contribution in [2.24, 2.45) is 0 Å².